The molecule has 2 aromatic carbocycles. The van der Waals surface area contributed by atoms with Crippen molar-refractivity contribution in [2.45, 2.75) is 58.2 Å². The second-order valence-electron chi connectivity index (χ2n) is 16.2. The lowest BCUT2D eigenvalue weighted by atomic mass is 9.95. The molecule has 306 valence electrons. The number of hydrogen-bond acceptors (Lipinski definition) is 10. The maximum absolute atomic E-state index is 16.0. The number of carbonyl (C=O) groups excluding carboxylic acids is 2. The monoisotopic (exact) mass is 809 g/mol. The summed E-state index contributed by atoms with van der Waals surface area (Å²) >= 11 is 0. The molecule has 7 rings (SSSR count). The van der Waals surface area contributed by atoms with Gasteiger partial charge in [0, 0.05) is 80.4 Å². The molecule has 3 aliphatic rings. The summed E-state index contributed by atoms with van der Waals surface area (Å²) in [4.78, 5) is 40.6. The molecule has 57 heavy (non-hydrogen) atoms. The van der Waals surface area contributed by atoms with Gasteiger partial charge in [0.2, 0.25) is 16.7 Å². The average Bonchev–Trinajstić information content (AvgIpc) is 3.73. The first-order chi connectivity index (χ1) is 27.2. The number of esters is 1. The van der Waals surface area contributed by atoms with Crippen LogP contribution < -0.4 is 9.31 Å². The van der Waals surface area contributed by atoms with Crippen LogP contribution in [0.25, 0.3) is 22.2 Å². The molecule has 0 spiro atoms. The Bertz CT molecular complexity index is 2160. The van der Waals surface area contributed by atoms with Crippen LogP contribution in [0, 0.1) is 17.6 Å². The third kappa shape index (κ3) is 9.46. The van der Waals surface area contributed by atoms with Gasteiger partial charge in [-0.25, -0.2) is 31.6 Å². The second-order valence-corrected chi connectivity index (χ2v) is 17.1. The number of pyridine rings is 1. The third-order valence-corrected chi connectivity index (χ3v) is 11.7. The molecule has 3 saturated heterocycles. The SMILES string of the molecule is CC(C)(C)OC(=O)CN1CCCN(CC2CCN(c3ccc(-c4cnc5[nH]cc(C(=O)c6c(F)ccc(N(N7CC[C@@H](F)C7)[SH](=O)=O)c6F)c5c4)cc3)CC2)CC1. The highest BCUT2D eigenvalue weighted by Crippen LogP contribution is 2.33. The molecule has 16 heteroatoms. The van der Waals surface area contributed by atoms with Crippen molar-refractivity contribution in [3.8, 4) is 11.1 Å². The minimum atomic E-state index is -3.47. The van der Waals surface area contributed by atoms with Gasteiger partial charge in [-0.15, -0.1) is 0 Å². The number of nitrogens with zero attached hydrogens (tertiary/aromatic N) is 6. The Morgan fingerprint density at radius 3 is 2.33 bits per heavy atom. The van der Waals surface area contributed by atoms with Crippen LogP contribution in [-0.4, -0.2) is 122 Å². The number of nitrogens with one attached hydrogen (secondary N) is 1. The van der Waals surface area contributed by atoms with Crippen molar-refractivity contribution >= 4 is 45.1 Å². The van der Waals surface area contributed by atoms with Crippen LogP contribution in [-0.2, 0) is 20.4 Å². The summed E-state index contributed by atoms with van der Waals surface area (Å²) in [5.41, 5.74) is 0.994. The van der Waals surface area contributed by atoms with Gasteiger partial charge < -0.3 is 19.5 Å². The molecule has 2 aromatic heterocycles. The van der Waals surface area contributed by atoms with Crippen molar-refractivity contribution in [1.82, 2.24) is 24.8 Å². The summed E-state index contributed by atoms with van der Waals surface area (Å²) in [5.74, 6) is -3.07. The highest BCUT2D eigenvalue weighted by molar-refractivity contribution is 7.73. The normalized spacial score (nSPS) is 19.4. The number of hydrogen-bond donors (Lipinski definition) is 2. The molecule has 5 heterocycles. The van der Waals surface area contributed by atoms with Crippen LogP contribution in [0.15, 0.2) is 54.9 Å². The van der Waals surface area contributed by atoms with Crippen LogP contribution in [0.1, 0.15) is 62.4 Å². The zero-order valence-corrected chi connectivity index (χ0v) is 33.5. The van der Waals surface area contributed by atoms with Gasteiger partial charge in [-0.1, -0.05) is 12.1 Å². The molecule has 0 radical (unpaired) electrons. The Balaban J connectivity index is 0.984. The van der Waals surface area contributed by atoms with Gasteiger partial charge in [-0.2, -0.15) is 4.41 Å². The Hall–Kier alpha value is -4.51. The highest BCUT2D eigenvalue weighted by Gasteiger charge is 2.33. The minimum absolute atomic E-state index is 0.0147. The number of alkyl halides is 1. The molecule has 0 aliphatic carbocycles. The number of thiol groups is 1. The maximum atomic E-state index is 16.0. The van der Waals surface area contributed by atoms with E-state index in [9.17, 15) is 22.4 Å². The zero-order valence-electron chi connectivity index (χ0n) is 32.6. The first-order valence-electron chi connectivity index (χ1n) is 19.6. The number of aromatic amines is 1. The van der Waals surface area contributed by atoms with Gasteiger partial charge in [-0.05, 0) is 94.8 Å². The molecular weight excluding hydrogens is 760 g/mol. The van der Waals surface area contributed by atoms with E-state index in [0.29, 0.717) is 33.5 Å². The van der Waals surface area contributed by atoms with E-state index in [1.165, 1.54) is 6.20 Å². The Kier molecular flexibility index (Phi) is 12.2. The van der Waals surface area contributed by atoms with Gasteiger partial charge in [0.05, 0.1) is 18.7 Å². The van der Waals surface area contributed by atoms with Crippen LogP contribution in [0.3, 0.4) is 0 Å². The lowest BCUT2D eigenvalue weighted by molar-refractivity contribution is -0.156. The van der Waals surface area contributed by atoms with Gasteiger partial charge in [0.15, 0.2) is 5.82 Å². The number of rotatable bonds is 11. The van der Waals surface area contributed by atoms with E-state index >= 15 is 8.78 Å². The van der Waals surface area contributed by atoms with Crippen LogP contribution in [0.5, 0.6) is 0 Å². The molecule has 0 unspecified atom stereocenters. The smallest absolute Gasteiger partial charge is 0.320 e. The third-order valence-electron chi connectivity index (χ3n) is 11.0. The summed E-state index contributed by atoms with van der Waals surface area (Å²) in [6, 6.07) is 11.6. The first kappa shape index (κ1) is 40.7. The van der Waals surface area contributed by atoms with Crippen molar-refractivity contribution < 1.29 is 35.9 Å². The lowest BCUT2D eigenvalue weighted by Gasteiger charge is -2.36. The standard InChI is InChI=1S/C41H50F3N7O5S/c1-41(2,3)56-36(52)26-48-15-4-14-47(19-20-48)24-27-11-16-49(17-12-27)31-7-5-28(6-8-31)29-21-32-33(23-46-40(32)45-22-29)39(53)37-34(43)9-10-35(38(37)44)51(57(54)55)50-18-13-30(42)25-50/h5-10,21-23,27,30,57H,4,11-20,24-26H2,1-3H3,(H,45,46)/t30-/m1/s1. The Morgan fingerprint density at radius 2 is 1.65 bits per heavy atom. The quantitative estimate of drug-likeness (QED) is 0.113. The summed E-state index contributed by atoms with van der Waals surface area (Å²) in [7, 11) is -3.47. The van der Waals surface area contributed by atoms with Gasteiger partial charge >= 0.3 is 5.97 Å². The molecule has 0 amide bonds. The van der Waals surface area contributed by atoms with Crippen molar-refractivity contribution in [3.05, 3.63) is 77.6 Å². The second kappa shape index (κ2) is 17.1. The number of anilines is 2. The summed E-state index contributed by atoms with van der Waals surface area (Å²) in [6.45, 7) is 12.4. The van der Waals surface area contributed by atoms with E-state index < -0.39 is 51.3 Å². The molecule has 1 N–H and O–H groups in total. The number of benzene rings is 2. The van der Waals surface area contributed by atoms with Crippen molar-refractivity contribution in [2.75, 3.05) is 74.8 Å². The summed E-state index contributed by atoms with van der Waals surface area (Å²) < 4.78 is 75.5. The van der Waals surface area contributed by atoms with E-state index in [1.807, 2.05) is 32.9 Å². The first-order valence-corrected chi connectivity index (χ1v) is 20.7. The van der Waals surface area contributed by atoms with Gasteiger partial charge in [-0.3, -0.25) is 14.5 Å². The zero-order chi connectivity index (χ0) is 40.4. The summed E-state index contributed by atoms with van der Waals surface area (Å²) in [6.07, 6.45) is 4.93. The molecular formula is C41H50F3N7O5S. The fourth-order valence-electron chi connectivity index (χ4n) is 8.13. The van der Waals surface area contributed by atoms with Crippen molar-refractivity contribution in [3.63, 3.8) is 0 Å². The van der Waals surface area contributed by atoms with E-state index in [-0.39, 0.29) is 31.0 Å². The lowest BCUT2D eigenvalue weighted by Crippen LogP contribution is -2.41. The number of hydrazine groups is 1. The number of aromatic nitrogens is 2. The molecule has 3 aliphatic heterocycles. The maximum Gasteiger partial charge on any atom is 0.320 e. The number of ketones is 1. The highest BCUT2D eigenvalue weighted by atomic mass is 32.2. The Morgan fingerprint density at radius 1 is 0.930 bits per heavy atom. The molecule has 1 atom stereocenters. The molecule has 0 saturated carbocycles. The number of carbonyl (C=O) groups is 2. The number of halogens is 3. The predicted octanol–water partition coefficient (Wildman–Crippen LogP) is 5.60. The Labute approximate surface area is 332 Å². The van der Waals surface area contributed by atoms with Crippen molar-refractivity contribution in [2.24, 2.45) is 5.92 Å². The topological polar surface area (TPSA) is 122 Å². The van der Waals surface area contributed by atoms with Crippen molar-refractivity contribution in [1.29, 1.82) is 0 Å². The number of H-pyrrole nitrogens is 1. The number of fused-ring (bicyclic) bond motifs is 1. The van der Waals surface area contributed by atoms with Crippen LogP contribution in [0.2, 0.25) is 0 Å². The molecule has 4 aromatic rings. The molecule has 12 nitrogen and oxygen atoms in total. The predicted molar refractivity (Wildman–Crippen MR) is 213 cm³/mol. The average molecular weight is 810 g/mol. The van der Waals surface area contributed by atoms with Gasteiger partial charge in [0.25, 0.3) is 0 Å². The van der Waals surface area contributed by atoms with Crippen LogP contribution in [0.4, 0.5) is 24.5 Å². The largest absolute Gasteiger partial charge is 0.459 e. The van der Waals surface area contributed by atoms with E-state index in [4.69, 9.17) is 4.74 Å². The molecule has 0 bridgehead atoms. The van der Waals surface area contributed by atoms with E-state index in [1.54, 1.807) is 12.3 Å². The van der Waals surface area contributed by atoms with E-state index in [0.717, 1.165) is 93.5 Å². The van der Waals surface area contributed by atoms with Crippen LogP contribution >= 0.6 is 0 Å². The van der Waals surface area contributed by atoms with E-state index in [2.05, 4.69) is 36.8 Å². The molecule has 3 fully saturated rings. The summed E-state index contributed by atoms with van der Waals surface area (Å²) in [5, 5.41) is 1.47. The fraction of sp³-hybridized carbons (Fsp3) is 0.488. The van der Waals surface area contributed by atoms with Gasteiger partial charge in [0.1, 0.15) is 28.9 Å². The number of piperidine rings is 1. The number of ether oxygens (including phenoxy) is 1. The minimum Gasteiger partial charge on any atom is -0.459 e. The fourth-order valence-corrected chi connectivity index (χ4v) is 8.83.